The van der Waals surface area contributed by atoms with Crippen molar-refractivity contribution >= 4 is 6.09 Å². The van der Waals surface area contributed by atoms with Crippen LogP contribution in [0.3, 0.4) is 0 Å². The normalized spacial score (nSPS) is 17.9. The zero-order valence-electron chi connectivity index (χ0n) is 15.7. The van der Waals surface area contributed by atoms with Crippen molar-refractivity contribution in [1.82, 2.24) is 0 Å². The van der Waals surface area contributed by atoms with Crippen LogP contribution >= 0.6 is 0 Å². The number of methoxy groups -OCH3 is 2. The summed E-state index contributed by atoms with van der Waals surface area (Å²) in [6.45, 7) is 4.20. The van der Waals surface area contributed by atoms with Gasteiger partial charge in [-0.2, -0.15) is 0 Å². The molecule has 0 saturated heterocycles. The highest BCUT2D eigenvalue weighted by Gasteiger charge is 2.38. The number of hydrogen-bond acceptors (Lipinski definition) is 4. The molecular weight excluding hydrogens is 330 g/mol. The fraction of sp³-hybridized carbons (Fsp3) is 0.381. The van der Waals surface area contributed by atoms with E-state index in [1.54, 1.807) is 14.2 Å². The average Bonchev–Trinajstić information content (AvgIpc) is 2.63. The number of aryl methyl sites for hydroxylation is 1. The molecule has 1 unspecified atom stereocenters. The lowest BCUT2D eigenvalue weighted by Crippen LogP contribution is -2.33. The SMILES string of the molecule is COc1ccc(-c2ccc3c(c2)CCC(C)(C)C3OC(N)=O)c(OC)c1. The number of nitrogens with two attached hydrogens (primary N) is 1. The molecule has 2 aromatic rings. The Morgan fingerprint density at radius 1 is 1.12 bits per heavy atom. The molecule has 0 aromatic heterocycles. The van der Waals surface area contributed by atoms with Gasteiger partial charge < -0.3 is 19.9 Å². The summed E-state index contributed by atoms with van der Waals surface area (Å²) in [5.41, 5.74) is 9.39. The minimum absolute atomic E-state index is 0.151. The number of hydrogen-bond donors (Lipinski definition) is 1. The molecule has 138 valence electrons. The first-order valence-electron chi connectivity index (χ1n) is 8.67. The van der Waals surface area contributed by atoms with Crippen LogP contribution in [0.15, 0.2) is 36.4 Å². The molecule has 1 amide bonds. The van der Waals surface area contributed by atoms with Crippen molar-refractivity contribution in [3.05, 3.63) is 47.5 Å². The minimum Gasteiger partial charge on any atom is -0.497 e. The largest absolute Gasteiger partial charge is 0.497 e. The number of primary amides is 1. The molecule has 0 spiro atoms. The van der Waals surface area contributed by atoms with E-state index in [4.69, 9.17) is 19.9 Å². The number of carbonyl (C=O) groups excluding carboxylic acids is 1. The molecule has 1 atom stereocenters. The van der Waals surface area contributed by atoms with E-state index in [0.29, 0.717) is 0 Å². The highest BCUT2D eigenvalue weighted by Crippen LogP contribution is 2.47. The van der Waals surface area contributed by atoms with Gasteiger partial charge in [-0.25, -0.2) is 4.79 Å². The number of ether oxygens (including phenoxy) is 3. The van der Waals surface area contributed by atoms with Crippen LogP contribution in [-0.4, -0.2) is 20.3 Å². The highest BCUT2D eigenvalue weighted by molar-refractivity contribution is 5.73. The zero-order valence-corrected chi connectivity index (χ0v) is 15.7. The van der Waals surface area contributed by atoms with Crippen molar-refractivity contribution in [2.24, 2.45) is 11.1 Å². The van der Waals surface area contributed by atoms with Crippen molar-refractivity contribution in [2.45, 2.75) is 32.8 Å². The maximum atomic E-state index is 11.4. The summed E-state index contributed by atoms with van der Waals surface area (Å²) in [6.07, 6.45) is 0.765. The van der Waals surface area contributed by atoms with Crippen LogP contribution in [0.2, 0.25) is 0 Å². The monoisotopic (exact) mass is 355 g/mol. The average molecular weight is 355 g/mol. The Bertz CT molecular complexity index is 829. The lowest BCUT2D eigenvalue weighted by Gasteiger charge is -2.39. The minimum atomic E-state index is -0.739. The molecule has 1 aliphatic carbocycles. The van der Waals surface area contributed by atoms with Crippen LogP contribution in [0, 0.1) is 5.41 Å². The summed E-state index contributed by atoms with van der Waals surface area (Å²) in [5.74, 6) is 1.51. The Balaban J connectivity index is 2.03. The highest BCUT2D eigenvalue weighted by atomic mass is 16.6. The first kappa shape index (κ1) is 18.1. The van der Waals surface area contributed by atoms with E-state index in [9.17, 15) is 4.79 Å². The first-order valence-corrected chi connectivity index (χ1v) is 8.67. The van der Waals surface area contributed by atoms with Gasteiger partial charge in [-0.3, -0.25) is 0 Å². The molecule has 2 N–H and O–H groups in total. The summed E-state index contributed by atoms with van der Waals surface area (Å²) >= 11 is 0. The number of amides is 1. The predicted octanol–water partition coefficient (Wildman–Crippen LogP) is 4.48. The van der Waals surface area contributed by atoms with E-state index in [-0.39, 0.29) is 11.5 Å². The van der Waals surface area contributed by atoms with E-state index >= 15 is 0 Å². The molecule has 5 heteroatoms. The molecule has 26 heavy (non-hydrogen) atoms. The Morgan fingerprint density at radius 3 is 2.54 bits per heavy atom. The van der Waals surface area contributed by atoms with E-state index < -0.39 is 6.09 Å². The third kappa shape index (κ3) is 3.34. The predicted molar refractivity (Wildman–Crippen MR) is 100 cm³/mol. The molecule has 0 saturated carbocycles. The van der Waals surface area contributed by atoms with Gasteiger partial charge >= 0.3 is 6.09 Å². The van der Waals surface area contributed by atoms with Crippen LogP contribution in [-0.2, 0) is 11.2 Å². The summed E-state index contributed by atoms with van der Waals surface area (Å²) in [4.78, 5) is 11.4. The van der Waals surface area contributed by atoms with Gasteiger partial charge in [-0.15, -0.1) is 0 Å². The summed E-state index contributed by atoms with van der Waals surface area (Å²) < 4.78 is 16.3. The lowest BCUT2D eigenvalue weighted by atomic mass is 9.71. The van der Waals surface area contributed by atoms with Crippen molar-refractivity contribution in [2.75, 3.05) is 14.2 Å². The first-order chi connectivity index (χ1) is 12.4. The smallest absolute Gasteiger partial charge is 0.405 e. The van der Waals surface area contributed by atoms with Gasteiger partial charge in [0.1, 0.15) is 17.6 Å². The molecule has 1 aliphatic rings. The second kappa shape index (κ2) is 6.90. The van der Waals surface area contributed by atoms with E-state index in [1.165, 1.54) is 5.56 Å². The third-order valence-electron chi connectivity index (χ3n) is 5.13. The lowest BCUT2D eigenvalue weighted by molar-refractivity contribution is 0.0147. The number of rotatable bonds is 4. The van der Waals surface area contributed by atoms with Gasteiger partial charge in [-0.05, 0) is 41.7 Å². The Labute approximate surface area is 154 Å². The van der Waals surface area contributed by atoms with E-state index in [2.05, 4.69) is 19.9 Å². The van der Waals surface area contributed by atoms with Crippen LogP contribution in [0.5, 0.6) is 11.5 Å². The molecular formula is C21H25NO4. The van der Waals surface area contributed by atoms with E-state index in [1.807, 2.05) is 30.3 Å². The van der Waals surface area contributed by atoms with Crippen molar-refractivity contribution in [1.29, 1.82) is 0 Å². The van der Waals surface area contributed by atoms with Crippen molar-refractivity contribution in [3.8, 4) is 22.6 Å². The van der Waals surface area contributed by atoms with Gasteiger partial charge in [0.05, 0.1) is 14.2 Å². The van der Waals surface area contributed by atoms with Gasteiger partial charge in [0.2, 0.25) is 0 Å². The summed E-state index contributed by atoms with van der Waals surface area (Å²) in [5, 5.41) is 0. The second-order valence-electron chi connectivity index (χ2n) is 7.29. The molecule has 0 bridgehead atoms. The van der Waals surface area contributed by atoms with Crippen LogP contribution in [0.1, 0.15) is 37.5 Å². The quantitative estimate of drug-likeness (QED) is 0.878. The van der Waals surface area contributed by atoms with Crippen molar-refractivity contribution < 1.29 is 19.0 Å². The maximum absolute atomic E-state index is 11.4. The van der Waals surface area contributed by atoms with Gasteiger partial charge in [0.25, 0.3) is 0 Å². The van der Waals surface area contributed by atoms with Gasteiger partial charge in [0, 0.05) is 17.0 Å². The Morgan fingerprint density at radius 2 is 1.88 bits per heavy atom. The van der Waals surface area contributed by atoms with Crippen LogP contribution in [0.4, 0.5) is 4.79 Å². The molecule has 2 aromatic carbocycles. The Kier molecular flexibility index (Phi) is 4.81. The molecule has 0 aliphatic heterocycles. The molecule has 5 nitrogen and oxygen atoms in total. The fourth-order valence-electron chi connectivity index (χ4n) is 3.63. The molecule has 0 radical (unpaired) electrons. The summed E-state index contributed by atoms with van der Waals surface area (Å²) in [6, 6.07) is 12.0. The van der Waals surface area contributed by atoms with Crippen LogP contribution in [0.25, 0.3) is 11.1 Å². The number of carbonyl (C=O) groups is 1. The van der Waals surface area contributed by atoms with E-state index in [0.717, 1.165) is 41.0 Å². The standard InChI is InChI=1S/C21H25NO4/c1-21(2)10-9-14-11-13(5-7-17(14)19(21)26-20(22)23)16-8-6-15(24-3)12-18(16)25-4/h5-8,11-12,19H,9-10H2,1-4H3,(H2,22,23). The van der Waals surface area contributed by atoms with Crippen LogP contribution < -0.4 is 15.2 Å². The molecule has 3 rings (SSSR count). The van der Waals surface area contributed by atoms with Gasteiger partial charge in [0.15, 0.2) is 0 Å². The molecule has 0 heterocycles. The topological polar surface area (TPSA) is 70.8 Å². The third-order valence-corrected chi connectivity index (χ3v) is 5.13. The maximum Gasteiger partial charge on any atom is 0.405 e. The van der Waals surface area contributed by atoms with Crippen molar-refractivity contribution in [3.63, 3.8) is 0 Å². The number of benzene rings is 2. The number of fused-ring (bicyclic) bond motifs is 1. The second-order valence-corrected chi connectivity index (χ2v) is 7.29. The fourth-order valence-corrected chi connectivity index (χ4v) is 3.63. The summed E-state index contributed by atoms with van der Waals surface area (Å²) in [7, 11) is 3.28. The zero-order chi connectivity index (χ0) is 18.9. The van der Waals surface area contributed by atoms with Gasteiger partial charge in [-0.1, -0.05) is 32.0 Å². The molecule has 0 fully saturated rings. The Hall–Kier alpha value is -2.69.